The third kappa shape index (κ3) is 5.21. The van der Waals surface area contributed by atoms with E-state index in [9.17, 15) is 14.0 Å². The number of benzene rings is 2. The summed E-state index contributed by atoms with van der Waals surface area (Å²) < 4.78 is 25.9. The lowest BCUT2D eigenvalue weighted by Gasteiger charge is -2.30. The number of nitrogens with zero attached hydrogens (tertiary/aromatic N) is 2. The molecule has 1 saturated heterocycles. The summed E-state index contributed by atoms with van der Waals surface area (Å²) in [4.78, 5) is 30.7. The molecule has 2 heterocycles. The van der Waals surface area contributed by atoms with Crippen LogP contribution in [0, 0.1) is 5.82 Å². The van der Waals surface area contributed by atoms with Crippen molar-refractivity contribution >= 4 is 23.1 Å². The minimum atomic E-state index is -0.570. The van der Waals surface area contributed by atoms with E-state index in [2.05, 4.69) is 10.3 Å². The molecular weight excluding hydrogens is 437 g/mol. The number of carbonyl (C=O) groups excluding carboxylic acids is 2. The van der Waals surface area contributed by atoms with Gasteiger partial charge in [0.1, 0.15) is 11.3 Å². The maximum Gasteiger partial charge on any atom is 0.410 e. The molecule has 0 atom stereocenters. The Morgan fingerprint density at radius 2 is 1.76 bits per heavy atom. The predicted octanol–water partition coefficient (Wildman–Crippen LogP) is 5.50. The molecule has 3 aromatic rings. The number of hydrogen-bond acceptors (Lipinski definition) is 5. The van der Waals surface area contributed by atoms with Crippen LogP contribution in [-0.2, 0) is 4.74 Å². The van der Waals surface area contributed by atoms with Crippen LogP contribution >= 0.6 is 0 Å². The highest BCUT2D eigenvalue weighted by Crippen LogP contribution is 2.32. The van der Waals surface area contributed by atoms with Gasteiger partial charge in [-0.15, -0.1) is 0 Å². The standard InChI is InChI=1S/C26H30FN3O4/c1-15(2)28-24(31)20-7-5-18(13-21(20)27)19-6-8-23-22(14-19)29-25(34-23)17-9-11-30(12-10-17)26(32)33-16(3)4/h5-8,13-17H,9-12H2,1-4H3,(H,28,31). The number of ether oxygens (including phenoxy) is 1. The van der Waals surface area contributed by atoms with Gasteiger partial charge in [0.05, 0.1) is 11.7 Å². The topological polar surface area (TPSA) is 84.7 Å². The quantitative estimate of drug-likeness (QED) is 0.536. The van der Waals surface area contributed by atoms with Crippen LogP contribution in [0.3, 0.4) is 0 Å². The second-order valence-corrected chi connectivity index (χ2v) is 9.25. The molecule has 4 rings (SSSR count). The minimum absolute atomic E-state index is 0.0193. The Morgan fingerprint density at radius 1 is 1.09 bits per heavy atom. The number of nitrogens with one attached hydrogen (secondary N) is 1. The number of carbonyl (C=O) groups is 2. The first-order valence-corrected chi connectivity index (χ1v) is 11.7. The van der Waals surface area contributed by atoms with Gasteiger partial charge >= 0.3 is 6.09 Å². The number of piperidine rings is 1. The molecule has 180 valence electrons. The van der Waals surface area contributed by atoms with E-state index in [-0.39, 0.29) is 29.7 Å². The molecule has 0 bridgehead atoms. The van der Waals surface area contributed by atoms with Crippen molar-refractivity contribution in [1.82, 2.24) is 15.2 Å². The first-order chi connectivity index (χ1) is 16.2. The van der Waals surface area contributed by atoms with Gasteiger partial charge in [-0.3, -0.25) is 4.79 Å². The monoisotopic (exact) mass is 467 g/mol. The maximum absolute atomic E-state index is 14.6. The van der Waals surface area contributed by atoms with Crippen molar-refractivity contribution in [3.05, 3.63) is 53.7 Å². The highest BCUT2D eigenvalue weighted by Gasteiger charge is 2.28. The van der Waals surface area contributed by atoms with Crippen molar-refractivity contribution in [2.45, 2.75) is 58.6 Å². The second kappa shape index (κ2) is 9.83. The fraction of sp³-hybridized carbons (Fsp3) is 0.423. The third-order valence-electron chi connectivity index (χ3n) is 5.81. The van der Waals surface area contributed by atoms with E-state index in [1.165, 1.54) is 12.1 Å². The van der Waals surface area contributed by atoms with Crippen LogP contribution < -0.4 is 5.32 Å². The molecule has 8 heteroatoms. The van der Waals surface area contributed by atoms with Crippen molar-refractivity contribution in [2.75, 3.05) is 13.1 Å². The Morgan fingerprint density at radius 3 is 2.41 bits per heavy atom. The highest BCUT2D eigenvalue weighted by molar-refractivity contribution is 5.95. The number of fused-ring (bicyclic) bond motifs is 1. The molecule has 1 N–H and O–H groups in total. The average Bonchev–Trinajstić information content (AvgIpc) is 3.21. The van der Waals surface area contributed by atoms with Gasteiger partial charge in [-0.25, -0.2) is 14.2 Å². The number of oxazole rings is 1. The van der Waals surface area contributed by atoms with Gasteiger partial charge in [0.2, 0.25) is 0 Å². The molecule has 0 saturated carbocycles. The smallest absolute Gasteiger partial charge is 0.410 e. The molecule has 1 aromatic heterocycles. The van der Waals surface area contributed by atoms with Crippen molar-refractivity contribution in [1.29, 1.82) is 0 Å². The predicted molar refractivity (Wildman–Crippen MR) is 127 cm³/mol. The molecule has 0 unspecified atom stereocenters. The molecule has 34 heavy (non-hydrogen) atoms. The van der Waals surface area contributed by atoms with Crippen molar-refractivity contribution in [3.63, 3.8) is 0 Å². The number of halogens is 1. The maximum atomic E-state index is 14.6. The summed E-state index contributed by atoms with van der Waals surface area (Å²) in [6.45, 7) is 8.52. The van der Waals surface area contributed by atoms with E-state index < -0.39 is 11.7 Å². The molecule has 7 nitrogen and oxygen atoms in total. The Balaban J connectivity index is 1.48. The van der Waals surface area contributed by atoms with E-state index in [0.29, 0.717) is 35.6 Å². The van der Waals surface area contributed by atoms with Gasteiger partial charge in [0.25, 0.3) is 5.91 Å². The van der Waals surface area contributed by atoms with Crippen LogP contribution in [0.25, 0.3) is 22.2 Å². The summed E-state index contributed by atoms with van der Waals surface area (Å²) >= 11 is 0. The van der Waals surface area contributed by atoms with Gasteiger partial charge in [-0.1, -0.05) is 12.1 Å². The molecule has 0 aliphatic carbocycles. The number of rotatable bonds is 5. The normalized spacial score (nSPS) is 14.7. The molecule has 1 aliphatic heterocycles. The zero-order chi connectivity index (χ0) is 24.4. The average molecular weight is 468 g/mol. The lowest BCUT2D eigenvalue weighted by Crippen LogP contribution is -2.39. The number of likely N-dealkylation sites (tertiary alicyclic amines) is 1. The van der Waals surface area contributed by atoms with E-state index >= 15 is 0 Å². The first kappa shape index (κ1) is 23.7. The van der Waals surface area contributed by atoms with E-state index in [0.717, 1.165) is 18.4 Å². The van der Waals surface area contributed by atoms with Crippen LogP contribution in [0.15, 0.2) is 40.8 Å². The Hall–Kier alpha value is -3.42. The first-order valence-electron chi connectivity index (χ1n) is 11.7. The van der Waals surface area contributed by atoms with Crippen LogP contribution in [0.4, 0.5) is 9.18 Å². The van der Waals surface area contributed by atoms with Gasteiger partial charge in [0.15, 0.2) is 11.5 Å². The molecule has 2 aromatic carbocycles. The zero-order valence-corrected chi connectivity index (χ0v) is 19.9. The Labute approximate surface area is 198 Å². The molecular formula is C26H30FN3O4. The second-order valence-electron chi connectivity index (χ2n) is 9.25. The Kier molecular flexibility index (Phi) is 6.86. The van der Waals surface area contributed by atoms with Crippen LogP contribution in [0.1, 0.15) is 62.7 Å². The van der Waals surface area contributed by atoms with Crippen molar-refractivity contribution < 1.29 is 23.1 Å². The van der Waals surface area contributed by atoms with Crippen molar-refractivity contribution in [3.8, 4) is 11.1 Å². The third-order valence-corrected chi connectivity index (χ3v) is 5.81. The van der Waals surface area contributed by atoms with Crippen LogP contribution in [-0.4, -0.2) is 47.1 Å². The fourth-order valence-corrected chi connectivity index (χ4v) is 4.10. The van der Waals surface area contributed by atoms with Gasteiger partial charge in [-0.2, -0.15) is 0 Å². The lowest BCUT2D eigenvalue weighted by atomic mass is 9.97. The molecule has 0 radical (unpaired) electrons. The molecule has 1 fully saturated rings. The summed E-state index contributed by atoms with van der Waals surface area (Å²) in [5, 5.41) is 2.70. The van der Waals surface area contributed by atoms with E-state index in [1.54, 1.807) is 11.0 Å². The van der Waals surface area contributed by atoms with Gasteiger partial charge < -0.3 is 19.4 Å². The fourth-order valence-electron chi connectivity index (χ4n) is 4.10. The molecule has 2 amide bonds. The summed E-state index contributed by atoms with van der Waals surface area (Å²) in [6.07, 6.45) is 1.07. The van der Waals surface area contributed by atoms with Gasteiger partial charge in [-0.05, 0) is 75.9 Å². The number of aromatic nitrogens is 1. The summed E-state index contributed by atoms with van der Waals surface area (Å²) in [5.74, 6) is -0.232. The number of hydrogen-bond donors (Lipinski definition) is 1. The molecule has 1 aliphatic rings. The SMILES string of the molecule is CC(C)NC(=O)c1ccc(-c2ccc3oc(C4CCN(C(=O)OC(C)C)CC4)nc3c2)cc1F. The number of amides is 2. The highest BCUT2D eigenvalue weighted by atomic mass is 19.1. The Bertz CT molecular complexity index is 1200. The summed E-state index contributed by atoms with van der Waals surface area (Å²) in [5.41, 5.74) is 2.81. The summed E-state index contributed by atoms with van der Waals surface area (Å²) in [7, 11) is 0. The van der Waals surface area contributed by atoms with Crippen LogP contribution in [0.2, 0.25) is 0 Å². The largest absolute Gasteiger partial charge is 0.447 e. The van der Waals surface area contributed by atoms with Crippen molar-refractivity contribution in [2.24, 2.45) is 0 Å². The van der Waals surface area contributed by atoms with Crippen LogP contribution in [0.5, 0.6) is 0 Å². The minimum Gasteiger partial charge on any atom is -0.447 e. The van der Waals surface area contributed by atoms with E-state index in [4.69, 9.17) is 9.15 Å². The zero-order valence-electron chi connectivity index (χ0n) is 19.9. The summed E-state index contributed by atoms with van der Waals surface area (Å²) in [6, 6.07) is 10.1. The van der Waals surface area contributed by atoms with E-state index in [1.807, 2.05) is 45.9 Å². The van der Waals surface area contributed by atoms with Gasteiger partial charge in [0, 0.05) is 25.0 Å². The lowest BCUT2D eigenvalue weighted by molar-refractivity contribution is 0.0681. The molecule has 0 spiro atoms.